The van der Waals surface area contributed by atoms with Crippen LogP contribution in [0.25, 0.3) is 0 Å². The van der Waals surface area contributed by atoms with Gasteiger partial charge >= 0.3 is 0 Å². The summed E-state index contributed by atoms with van der Waals surface area (Å²) in [5.74, 6) is 1.05. The highest BCUT2D eigenvalue weighted by atomic mass is 16.5. The number of nitrogens with zero attached hydrogens (tertiary/aromatic N) is 2. The highest BCUT2D eigenvalue weighted by molar-refractivity contribution is 5.53. The summed E-state index contributed by atoms with van der Waals surface area (Å²) in [6.07, 6.45) is 0.204. The third-order valence-corrected chi connectivity index (χ3v) is 3.93. The topological polar surface area (TPSA) is 46.6 Å². The van der Waals surface area contributed by atoms with Crippen molar-refractivity contribution in [2.45, 2.75) is 32.6 Å². The minimum atomic E-state index is 0.102. The number of anilines is 1. The Labute approximate surface area is 121 Å². The predicted octanol–water partition coefficient (Wildman–Crippen LogP) is 1.27. The molecule has 1 aromatic heterocycles. The molecule has 2 heterocycles. The molecule has 0 amide bonds. The van der Waals surface area contributed by atoms with Crippen LogP contribution < -0.4 is 10.2 Å². The molecule has 0 spiro atoms. The summed E-state index contributed by atoms with van der Waals surface area (Å²) in [6.45, 7) is 6.64. The lowest BCUT2D eigenvalue weighted by molar-refractivity contribution is -0.00461. The van der Waals surface area contributed by atoms with Crippen molar-refractivity contribution in [2.24, 2.45) is 0 Å². The second kappa shape index (κ2) is 6.52. The van der Waals surface area contributed by atoms with Crippen molar-refractivity contribution in [3.8, 4) is 0 Å². The van der Waals surface area contributed by atoms with Gasteiger partial charge in [-0.3, -0.25) is 0 Å². The summed E-state index contributed by atoms with van der Waals surface area (Å²) in [6, 6.07) is 2.13. The van der Waals surface area contributed by atoms with Crippen LogP contribution in [0.15, 0.2) is 6.07 Å². The molecule has 1 saturated heterocycles. The molecule has 0 saturated carbocycles. The van der Waals surface area contributed by atoms with Gasteiger partial charge in [0.2, 0.25) is 0 Å². The minimum absolute atomic E-state index is 0.102. The number of rotatable bonds is 5. The quantitative estimate of drug-likeness (QED) is 0.879. The lowest BCUT2D eigenvalue weighted by Crippen LogP contribution is -2.27. The third-order valence-electron chi connectivity index (χ3n) is 3.93. The Balaban J connectivity index is 2.32. The van der Waals surface area contributed by atoms with Gasteiger partial charge in [-0.15, -0.1) is 0 Å². The van der Waals surface area contributed by atoms with Gasteiger partial charge in [0.25, 0.3) is 0 Å². The smallest absolute Gasteiger partial charge is 0.133 e. The first-order valence-corrected chi connectivity index (χ1v) is 7.03. The molecule has 2 atom stereocenters. The molecular formula is C15H25N3O2. The molecule has 2 rings (SSSR count). The fourth-order valence-electron chi connectivity index (χ4n) is 2.87. The van der Waals surface area contributed by atoms with Gasteiger partial charge in [-0.2, -0.15) is 0 Å². The molecule has 1 fully saturated rings. The van der Waals surface area contributed by atoms with Crippen molar-refractivity contribution in [2.75, 3.05) is 39.3 Å². The molecule has 0 aliphatic carbocycles. The van der Waals surface area contributed by atoms with Crippen LogP contribution in [-0.4, -0.2) is 51.5 Å². The molecule has 5 heteroatoms. The van der Waals surface area contributed by atoms with Gasteiger partial charge in [0, 0.05) is 45.1 Å². The maximum Gasteiger partial charge on any atom is 0.133 e. The zero-order chi connectivity index (χ0) is 14.7. The Morgan fingerprint density at radius 3 is 2.35 bits per heavy atom. The first kappa shape index (κ1) is 15.2. The standard InChI is InChI=1S/C15H25N3O2/c1-10-6-11(2)17-15(12(10)7-16-3)18-8-13(19-4)14(9-18)20-5/h6,13-14,16H,7-9H2,1-5H3. The van der Waals surface area contributed by atoms with Crippen LogP contribution >= 0.6 is 0 Å². The van der Waals surface area contributed by atoms with E-state index in [0.717, 1.165) is 31.1 Å². The average molecular weight is 279 g/mol. The molecular weight excluding hydrogens is 254 g/mol. The van der Waals surface area contributed by atoms with E-state index in [9.17, 15) is 0 Å². The Hall–Kier alpha value is -1.17. The molecule has 2 unspecified atom stereocenters. The monoisotopic (exact) mass is 279 g/mol. The van der Waals surface area contributed by atoms with E-state index >= 15 is 0 Å². The Kier molecular flexibility index (Phi) is 4.96. The lowest BCUT2D eigenvalue weighted by Gasteiger charge is -2.22. The molecule has 1 aliphatic rings. The molecule has 1 aromatic rings. The number of hydrogen-bond donors (Lipinski definition) is 1. The van der Waals surface area contributed by atoms with Crippen molar-refractivity contribution in [1.82, 2.24) is 10.3 Å². The van der Waals surface area contributed by atoms with Crippen LogP contribution in [-0.2, 0) is 16.0 Å². The predicted molar refractivity (Wildman–Crippen MR) is 80.3 cm³/mol. The van der Waals surface area contributed by atoms with Gasteiger partial charge in [0.1, 0.15) is 18.0 Å². The summed E-state index contributed by atoms with van der Waals surface area (Å²) in [5.41, 5.74) is 3.58. The lowest BCUT2D eigenvalue weighted by atomic mass is 10.1. The van der Waals surface area contributed by atoms with Gasteiger partial charge in [0.15, 0.2) is 0 Å². The molecule has 20 heavy (non-hydrogen) atoms. The van der Waals surface area contributed by atoms with Crippen LogP contribution in [0.5, 0.6) is 0 Å². The minimum Gasteiger partial charge on any atom is -0.377 e. The van der Waals surface area contributed by atoms with Crippen LogP contribution in [0.3, 0.4) is 0 Å². The summed E-state index contributed by atoms with van der Waals surface area (Å²) in [7, 11) is 5.44. The highest BCUT2D eigenvalue weighted by Gasteiger charge is 2.34. The number of nitrogens with one attached hydrogen (secondary N) is 1. The molecule has 0 aromatic carbocycles. The fourth-order valence-corrected chi connectivity index (χ4v) is 2.87. The summed E-state index contributed by atoms with van der Waals surface area (Å²) >= 11 is 0. The van der Waals surface area contributed by atoms with Crippen molar-refractivity contribution < 1.29 is 9.47 Å². The van der Waals surface area contributed by atoms with E-state index in [4.69, 9.17) is 14.5 Å². The number of methoxy groups -OCH3 is 2. The Morgan fingerprint density at radius 1 is 1.25 bits per heavy atom. The normalized spacial score (nSPS) is 22.6. The summed E-state index contributed by atoms with van der Waals surface area (Å²) in [5, 5.41) is 3.23. The maximum absolute atomic E-state index is 5.52. The number of hydrogen-bond acceptors (Lipinski definition) is 5. The Morgan fingerprint density at radius 2 is 1.85 bits per heavy atom. The molecule has 5 nitrogen and oxygen atoms in total. The van der Waals surface area contributed by atoms with E-state index in [-0.39, 0.29) is 12.2 Å². The van der Waals surface area contributed by atoms with E-state index < -0.39 is 0 Å². The Bertz CT molecular complexity index is 453. The summed E-state index contributed by atoms with van der Waals surface area (Å²) < 4.78 is 11.0. The largest absolute Gasteiger partial charge is 0.377 e. The van der Waals surface area contributed by atoms with Gasteiger partial charge in [-0.1, -0.05) is 0 Å². The van der Waals surface area contributed by atoms with E-state index in [2.05, 4.69) is 23.2 Å². The van der Waals surface area contributed by atoms with Gasteiger partial charge in [-0.25, -0.2) is 4.98 Å². The first-order valence-electron chi connectivity index (χ1n) is 7.03. The van der Waals surface area contributed by atoms with Crippen molar-refractivity contribution in [1.29, 1.82) is 0 Å². The van der Waals surface area contributed by atoms with E-state index in [1.165, 1.54) is 11.1 Å². The number of ether oxygens (including phenoxy) is 2. The second-order valence-electron chi connectivity index (χ2n) is 5.37. The molecule has 112 valence electrons. The number of aryl methyl sites for hydroxylation is 2. The van der Waals surface area contributed by atoms with Crippen molar-refractivity contribution in [3.05, 3.63) is 22.9 Å². The zero-order valence-corrected chi connectivity index (χ0v) is 13.1. The second-order valence-corrected chi connectivity index (χ2v) is 5.37. The maximum atomic E-state index is 5.52. The van der Waals surface area contributed by atoms with Gasteiger partial charge < -0.3 is 19.7 Å². The number of aromatic nitrogens is 1. The third kappa shape index (κ3) is 2.95. The first-order chi connectivity index (χ1) is 9.60. The highest BCUT2D eigenvalue weighted by Crippen LogP contribution is 2.27. The van der Waals surface area contributed by atoms with Gasteiger partial charge in [-0.05, 0) is 32.5 Å². The van der Waals surface area contributed by atoms with E-state index in [0.29, 0.717) is 0 Å². The SMILES string of the molecule is CNCc1c(C)cc(C)nc1N1CC(OC)C(OC)C1. The van der Waals surface area contributed by atoms with Crippen LogP contribution in [0.4, 0.5) is 5.82 Å². The molecule has 1 N–H and O–H groups in total. The van der Waals surface area contributed by atoms with E-state index in [1.807, 2.05) is 14.0 Å². The molecule has 1 aliphatic heterocycles. The van der Waals surface area contributed by atoms with Crippen LogP contribution in [0.2, 0.25) is 0 Å². The zero-order valence-electron chi connectivity index (χ0n) is 13.1. The van der Waals surface area contributed by atoms with Gasteiger partial charge in [0.05, 0.1) is 0 Å². The fraction of sp³-hybridized carbons (Fsp3) is 0.667. The van der Waals surface area contributed by atoms with E-state index in [1.54, 1.807) is 14.2 Å². The average Bonchev–Trinajstić information content (AvgIpc) is 2.84. The molecule has 0 bridgehead atoms. The van der Waals surface area contributed by atoms with Crippen molar-refractivity contribution in [3.63, 3.8) is 0 Å². The summed E-state index contributed by atoms with van der Waals surface area (Å²) in [4.78, 5) is 7.02. The molecule has 0 radical (unpaired) electrons. The van der Waals surface area contributed by atoms with Crippen LogP contribution in [0, 0.1) is 13.8 Å². The van der Waals surface area contributed by atoms with Crippen LogP contribution in [0.1, 0.15) is 16.8 Å². The number of pyridine rings is 1. The van der Waals surface area contributed by atoms with Crippen molar-refractivity contribution >= 4 is 5.82 Å².